The first-order valence-corrected chi connectivity index (χ1v) is 4.20. The van der Waals surface area contributed by atoms with Gasteiger partial charge >= 0.3 is 0 Å². The highest BCUT2D eigenvalue weighted by Crippen LogP contribution is 2.18. The molecule has 0 amide bonds. The van der Waals surface area contributed by atoms with Gasteiger partial charge in [0.1, 0.15) is 10.9 Å². The molecule has 0 atom stereocenters. The first-order valence-electron chi connectivity index (χ1n) is 3.41. The van der Waals surface area contributed by atoms with Gasteiger partial charge in [-0.1, -0.05) is 6.07 Å². The van der Waals surface area contributed by atoms with E-state index in [-0.39, 0.29) is 0 Å². The van der Waals surface area contributed by atoms with E-state index in [4.69, 9.17) is 4.74 Å². The quantitative estimate of drug-likeness (QED) is 0.584. The lowest BCUT2D eigenvalue weighted by molar-refractivity contribution is -0.107. The first kappa shape index (κ1) is 9.19. The molecule has 0 N–H and O–H groups in total. The highest BCUT2D eigenvalue weighted by Gasteiger charge is 2.03. The molecule has 0 saturated heterocycles. The van der Waals surface area contributed by atoms with Gasteiger partial charge in [-0.15, -0.1) is 0 Å². The maximum Gasteiger partial charge on any atom is 0.217 e. The zero-order valence-corrected chi connectivity index (χ0v) is 8.17. The molecule has 0 bridgehead atoms. The highest BCUT2D eigenvalue weighted by atomic mass is 79.9. The van der Waals surface area contributed by atoms with Crippen LogP contribution in [0.5, 0.6) is 5.88 Å². The van der Waals surface area contributed by atoms with E-state index in [1.165, 1.54) is 7.11 Å². The van der Waals surface area contributed by atoms with Crippen molar-refractivity contribution in [3.05, 3.63) is 22.3 Å². The van der Waals surface area contributed by atoms with Gasteiger partial charge in [-0.05, 0) is 22.0 Å². The van der Waals surface area contributed by atoms with Crippen molar-refractivity contribution in [2.45, 2.75) is 6.42 Å². The van der Waals surface area contributed by atoms with Crippen LogP contribution in [0.3, 0.4) is 0 Å². The molecule has 0 spiro atoms. The van der Waals surface area contributed by atoms with Crippen LogP contribution in [0.4, 0.5) is 0 Å². The Kier molecular flexibility index (Phi) is 3.22. The lowest BCUT2D eigenvalue weighted by Gasteiger charge is -2.03. The predicted molar refractivity (Wildman–Crippen MR) is 48.3 cm³/mol. The molecule has 0 aliphatic carbocycles. The van der Waals surface area contributed by atoms with Crippen molar-refractivity contribution in [2.75, 3.05) is 7.11 Å². The van der Waals surface area contributed by atoms with E-state index in [2.05, 4.69) is 20.9 Å². The second-order valence-electron chi connectivity index (χ2n) is 2.17. The van der Waals surface area contributed by atoms with Gasteiger partial charge in [-0.3, -0.25) is 0 Å². The molecule has 1 aromatic heterocycles. The lowest BCUT2D eigenvalue weighted by Crippen LogP contribution is -1.95. The normalized spacial score (nSPS) is 9.50. The van der Waals surface area contributed by atoms with E-state index in [0.717, 1.165) is 11.8 Å². The Hall–Kier alpha value is -0.900. The van der Waals surface area contributed by atoms with Crippen molar-refractivity contribution in [3.63, 3.8) is 0 Å². The van der Waals surface area contributed by atoms with E-state index in [1.807, 2.05) is 6.07 Å². The van der Waals surface area contributed by atoms with Gasteiger partial charge in [0.2, 0.25) is 5.88 Å². The maximum absolute atomic E-state index is 10.2. The fraction of sp³-hybridized carbons (Fsp3) is 0.250. The van der Waals surface area contributed by atoms with Crippen LogP contribution in [-0.4, -0.2) is 18.4 Å². The third kappa shape index (κ3) is 2.04. The van der Waals surface area contributed by atoms with Gasteiger partial charge in [0.15, 0.2) is 0 Å². The van der Waals surface area contributed by atoms with Crippen LogP contribution in [0.25, 0.3) is 0 Å². The average Bonchev–Trinajstić information content (AvgIpc) is 2.08. The molecule has 0 unspecified atom stereocenters. The van der Waals surface area contributed by atoms with E-state index >= 15 is 0 Å². The minimum atomic E-state index is 0.337. The molecule has 4 heteroatoms. The Morgan fingerprint density at radius 1 is 1.67 bits per heavy atom. The molecule has 0 fully saturated rings. The van der Waals surface area contributed by atoms with Crippen LogP contribution < -0.4 is 4.74 Å². The van der Waals surface area contributed by atoms with Gasteiger partial charge in [0, 0.05) is 12.0 Å². The number of carbonyl (C=O) groups is 1. The van der Waals surface area contributed by atoms with Crippen LogP contribution in [0.15, 0.2) is 16.7 Å². The summed E-state index contributed by atoms with van der Waals surface area (Å²) in [5.41, 5.74) is 0.802. The third-order valence-corrected chi connectivity index (χ3v) is 1.84. The number of rotatable bonds is 3. The van der Waals surface area contributed by atoms with Gasteiger partial charge in [0.25, 0.3) is 0 Å². The number of nitrogens with zero attached hydrogens (tertiary/aromatic N) is 1. The first-order chi connectivity index (χ1) is 5.77. The molecule has 1 heterocycles. The summed E-state index contributed by atoms with van der Waals surface area (Å²) in [7, 11) is 1.53. The molecular weight excluding hydrogens is 222 g/mol. The van der Waals surface area contributed by atoms with E-state index in [0.29, 0.717) is 16.9 Å². The second kappa shape index (κ2) is 4.21. The molecule has 0 radical (unpaired) electrons. The molecule has 0 saturated carbocycles. The summed E-state index contributed by atoms with van der Waals surface area (Å²) < 4.78 is 5.68. The van der Waals surface area contributed by atoms with Crippen LogP contribution in [0.2, 0.25) is 0 Å². The maximum atomic E-state index is 10.2. The Morgan fingerprint density at radius 3 is 3.00 bits per heavy atom. The number of aromatic nitrogens is 1. The van der Waals surface area contributed by atoms with Gasteiger partial charge < -0.3 is 9.53 Å². The molecule has 1 aromatic rings. The molecule has 0 aromatic carbocycles. The summed E-state index contributed by atoms with van der Waals surface area (Å²) in [4.78, 5) is 14.3. The molecule has 64 valence electrons. The summed E-state index contributed by atoms with van der Waals surface area (Å²) in [5.74, 6) is 0.497. The summed E-state index contributed by atoms with van der Waals surface area (Å²) in [5, 5.41) is 0. The van der Waals surface area contributed by atoms with E-state index < -0.39 is 0 Å². The largest absolute Gasteiger partial charge is 0.481 e. The van der Waals surface area contributed by atoms with Crippen LogP contribution >= 0.6 is 15.9 Å². The summed E-state index contributed by atoms with van der Waals surface area (Å²) in [6.45, 7) is 0. The fourth-order valence-electron chi connectivity index (χ4n) is 0.869. The topological polar surface area (TPSA) is 39.2 Å². The van der Waals surface area contributed by atoms with Crippen molar-refractivity contribution >= 4 is 22.2 Å². The van der Waals surface area contributed by atoms with Crippen molar-refractivity contribution in [1.29, 1.82) is 0 Å². The summed E-state index contributed by atoms with van der Waals surface area (Å²) >= 11 is 3.21. The molecule has 12 heavy (non-hydrogen) atoms. The number of hydrogen-bond donors (Lipinski definition) is 0. The molecule has 0 aliphatic rings. The number of hydrogen-bond acceptors (Lipinski definition) is 3. The monoisotopic (exact) mass is 229 g/mol. The fourth-order valence-corrected chi connectivity index (χ4v) is 1.16. The number of methoxy groups -OCH3 is 1. The highest BCUT2D eigenvalue weighted by molar-refractivity contribution is 9.10. The number of carbonyl (C=O) groups excluding carboxylic acids is 1. The van der Waals surface area contributed by atoms with Gasteiger partial charge in [-0.2, -0.15) is 0 Å². The summed E-state index contributed by atoms with van der Waals surface area (Å²) in [6.07, 6.45) is 1.16. The number of halogens is 1. The molecule has 1 rings (SSSR count). The molecular formula is C8H8BrNO2. The summed E-state index contributed by atoms with van der Waals surface area (Å²) in [6, 6.07) is 3.59. The second-order valence-corrected chi connectivity index (χ2v) is 2.99. The standard InChI is InChI=1S/C8H8BrNO2/c1-12-8-6(4-5-11)2-3-7(9)10-8/h2-3,5H,4H2,1H3. The van der Waals surface area contributed by atoms with Gasteiger partial charge in [-0.25, -0.2) is 4.98 Å². The Balaban J connectivity index is 3.01. The SMILES string of the molecule is COc1nc(Br)ccc1CC=O. The zero-order valence-electron chi connectivity index (χ0n) is 6.58. The van der Waals surface area contributed by atoms with Gasteiger partial charge in [0.05, 0.1) is 7.11 Å². The smallest absolute Gasteiger partial charge is 0.217 e. The zero-order chi connectivity index (χ0) is 8.97. The van der Waals surface area contributed by atoms with Crippen molar-refractivity contribution in [1.82, 2.24) is 4.98 Å². The van der Waals surface area contributed by atoms with E-state index in [9.17, 15) is 4.79 Å². The van der Waals surface area contributed by atoms with Crippen molar-refractivity contribution in [3.8, 4) is 5.88 Å². The Labute approximate surface area is 78.9 Å². The van der Waals surface area contributed by atoms with Crippen LogP contribution in [0.1, 0.15) is 5.56 Å². The average molecular weight is 230 g/mol. The Morgan fingerprint density at radius 2 is 2.42 bits per heavy atom. The van der Waals surface area contributed by atoms with Crippen molar-refractivity contribution < 1.29 is 9.53 Å². The lowest BCUT2D eigenvalue weighted by atomic mass is 10.2. The van der Waals surface area contributed by atoms with Crippen LogP contribution in [-0.2, 0) is 11.2 Å². The predicted octanol–water partition coefficient (Wildman–Crippen LogP) is 1.59. The molecule has 0 aliphatic heterocycles. The molecule has 3 nitrogen and oxygen atoms in total. The number of ether oxygens (including phenoxy) is 1. The van der Waals surface area contributed by atoms with Crippen molar-refractivity contribution in [2.24, 2.45) is 0 Å². The van der Waals surface area contributed by atoms with E-state index in [1.54, 1.807) is 6.07 Å². The van der Waals surface area contributed by atoms with Crippen LogP contribution in [0, 0.1) is 0 Å². The number of pyridine rings is 1. The number of aldehydes is 1. The minimum absolute atomic E-state index is 0.337. The Bertz CT molecular complexity index is 288. The minimum Gasteiger partial charge on any atom is -0.481 e. The third-order valence-electron chi connectivity index (χ3n) is 1.40.